The van der Waals surface area contributed by atoms with Gasteiger partial charge in [-0.2, -0.15) is 0 Å². The molecule has 0 amide bonds. The lowest BCUT2D eigenvalue weighted by Crippen LogP contribution is -2.33. The monoisotopic (exact) mass is 351 g/mol. The molecule has 1 atom stereocenters. The van der Waals surface area contributed by atoms with Crippen LogP contribution in [-0.2, 0) is 6.54 Å². The summed E-state index contributed by atoms with van der Waals surface area (Å²) >= 11 is 1.36. The van der Waals surface area contributed by atoms with Crippen LogP contribution in [0.4, 0.5) is 0 Å². The number of nitrogens with zero attached hydrogens (tertiary/aromatic N) is 1. The minimum atomic E-state index is -0.238. The molecule has 0 fully saturated rings. The van der Waals surface area contributed by atoms with E-state index in [-0.39, 0.29) is 27.1 Å². The Bertz CT molecular complexity index is 618. The summed E-state index contributed by atoms with van der Waals surface area (Å²) in [7, 11) is 0. The lowest BCUT2D eigenvalue weighted by atomic mass is 9.81. The summed E-state index contributed by atoms with van der Waals surface area (Å²) < 4.78 is 1.30. The van der Waals surface area contributed by atoms with Crippen molar-refractivity contribution in [2.45, 2.75) is 51.8 Å². The van der Waals surface area contributed by atoms with E-state index in [0.29, 0.717) is 17.7 Å². The number of nitrogens with two attached hydrogens (primary N) is 1. The highest BCUT2D eigenvalue weighted by atomic mass is 32.2. The van der Waals surface area contributed by atoms with Gasteiger partial charge in [-0.25, -0.2) is 0 Å². The first-order valence-electron chi connectivity index (χ1n) is 7.92. The predicted molar refractivity (Wildman–Crippen MR) is 105 cm³/mol. The van der Waals surface area contributed by atoms with Gasteiger partial charge in [-0.05, 0) is 25.2 Å². The molecule has 1 rings (SSSR count). The first-order chi connectivity index (χ1) is 11.0. The Hall–Kier alpha value is -1.82. The summed E-state index contributed by atoms with van der Waals surface area (Å²) in [6.07, 6.45) is 4.65. The molecule has 5 nitrogen and oxygen atoms in total. The second-order valence-electron chi connectivity index (χ2n) is 7.08. The van der Waals surface area contributed by atoms with Gasteiger partial charge in [-0.15, -0.1) is 0 Å². The molecule has 1 unspecified atom stereocenters. The van der Waals surface area contributed by atoms with E-state index >= 15 is 0 Å². The topological polar surface area (TPSA) is 95.3 Å². The molecule has 24 heavy (non-hydrogen) atoms. The van der Waals surface area contributed by atoms with Crippen molar-refractivity contribution in [3.8, 4) is 11.8 Å². The quantitative estimate of drug-likeness (QED) is 0.412. The molecule has 0 bridgehead atoms. The molecule has 1 heterocycles. The van der Waals surface area contributed by atoms with Crippen LogP contribution in [0.3, 0.4) is 0 Å². The van der Waals surface area contributed by atoms with Gasteiger partial charge >= 0.3 is 0 Å². The van der Waals surface area contributed by atoms with Gasteiger partial charge < -0.3 is 15.9 Å². The van der Waals surface area contributed by atoms with Crippen molar-refractivity contribution in [3.05, 3.63) is 24.3 Å². The zero-order chi connectivity index (χ0) is 18.7. The maximum Gasteiger partial charge on any atom is 0.202 e. The Morgan fingerprint density at radius 3 is 2.00 bits per heavy atom. The fourth-order valence-electron chi connectivity index (χ4n) is 3.18. The van der Waals surface area contributed by atoms with Crippen LogP contribution in [0.15, 0.2) is 13.2 Å². The molecule has 0 spiro atoms. The number of thioether (sulfide) groups is 1. The summed E-state index contributed by atoms with van der Waals surface area (Å²) in [5, 5.41) is 28.5. The molecule has 1 aromatic heterocycles. The second-order valence-corrected chi connectivity index (χ2v) is 8.71. The van der Waals surface area contributed by atoms with Crippen LogP contribution >= 0.6 is 11.8 Å². The van der Waals surface area contributed by atoms with Crippen molar-refractivity contribution in [2.75, 3.05) is 0 Å². The molecule has 0 aliphatic rings. The summed E-state index contributed by atoms with van der Waals surface area (Å²) in [6, 6.07) is 0. The molecule has 0 aromatic carbocycles. The number of aromatic nitrogens is 1. The van der Waals surface area contributed by atoms with Crippen LogP contribution in [0.1, 0.15) is 51.7 Å². The first kappa shape index (κ1) is 20.2. The number of hydrogen-bond acceptors (Lipinski definition) is 4. The van der Waals surface area contributed by atoms with Gasteiger partial charge in [0, 0.05) is 22.4 Å². The predicted octanol–water partition coefficient (Wildman–Crippen LogP) is 4.40. The molecular weight excluding hydrogens is 322 g/mol. The number of hydrogen-bond donors (Lipinski definition) is 4. The van der Waals surface area contributed by atoms with Crippen molar-refractivity contribution in [3.63, 3.8) is 0 Å². The third kappa shape index (κ3) is 4.38. The van der Waals surface area contributed by atoms with Crippen LogP contribution in [0.2, 0.25) is 0 Å². The first-order valence-corrected chi connectivity index (χ1v) is 8.74. The van der Waals surface area contributed by atoms with E-state index in [1.165, 1.54) is 28.5 Å². The second kappa shape index (κ2) is 7.38. The number of rotatable bonds is 8. The minimum Gasteiger partial charge on any atom is -0.494 e. The zero-order valence-electron chi connectivity index (χ0n) is 15.0. The van der Waals surface area contributed by atoms with Gasteiger partial charge in [0.2, 0.25) is 11.8 Å². The van der Waals surface area contributed by atoms with Gasteiger partial charge in [0.15, 0.2) is 5.17 Å². The molecule has 6 heteroatoms. The van der Waals surface area contributed by atoms with E-state index in [9.17, 15) is 10.2 Å². The minimum absolute atomic E-state index is 0.0112. The molecule has 0 aliphatic heterocycles. The Morgan fingerprint density at radius 2 is 1.67 bits per heavy atom. The maximum atomic E-state index is 10.4. The Labute approximate surface area is 148 Å². The molecule has 0 radical (unpaired) electrons. The molecule has 5 N–H and O–H groups in total. The fourth-order valence-corrected chi connectivity index (χ4v) is 4.32. The van der Waals surface area contributed by atoms with Crippen LogP contribution in [0, 0.1) is 10.8 Å². The molecule has 0 aliphatic carbocycles. The summed E-state index contributed by atoms with van der Waals surface area (Å²) in [5.74, 6) is -0.0224. The van der Waals surface area contributed by atoms with Gasteiger partial charge in [0.25, 0.3) is 0 Å². The molecule has 134 valence electrons. The van der Waals surface area contributed by atoms with E-state index < -0.39 is 0 Å². The van der Waals surface area contributed by atoms with Crippen LogP contribution in [0.5, 0.6) is 11.8 Å². The maximum absolute atomic E-state index is 10.4. The highest BCUT2D eigenvalue weighted by molar-refractivity contribution is 8.14. The number of aromatic hydroxyl groups is 2. The lowest BCUT2D eigenvalue weighted by Gasteiger charge is -2.36. The summed E-state index contributed by atoms with van der Waals surface area (Å²) in [4.78, 5) is 0. The van der Waals surface area contributed by atoms with Crippen molar-refractivity contribution < 1.29 is 10.2 Å². The van der Waals surface area contributed by atoms with Gasteiger partial charge in [0.05, 0.1) is 0 Å². The number of nitrogens with one attached hydrogen (secondary N) is 1. The SMILES string of the molecule is C=Cc1c(C=C)c(O)n(CC(C)(C)CC(C)(CC)SC(=N)N)c1O. The Balaban J connectivity index is 3.15. The third-order valence-electron chi connectivity index (χ3n) is 4.23. The molecule has 1 aromatic rings. The number of amidine groups is 1. The summed E-state index contributed by atoms with van der Waals surface area (Å²) in [6.45, 7) is 16.1. The summed E-state index contributed by atoms with van der Waals surface area (Å²) in [5.41, 5.74) is 6.30. The largest absolute Gasteiger partial charge is 0.494 e. The average molecular weight is 352 g/mol. The van der Waals surface area contributed by atoms with E-state index in [0.717, 1.165) is 12.8 Å². The Kier molecular flexibility index (Phi) is 6.22. The van der Waals surface area contributed by atoms with Gasteiger partial charge in [-0.3, -0.25) is 9.98 Å². The molecule has 0 saturated heterocycles. The van der Waals surface area contributed by atoms with Crippen molar-refractivity contribution in [2.24, 2.45) is 11.1 Å². The van der Waals surface area contributed by atoms with Crippen molar-refractivity contribution in [1.82, 2.24) is 4.57 Å². The van der Waals surface area contributed by atoms with E-state index in [4.69, 9.17) is 11.1 Å². The molecule has 0 saturated carbocycles. The normalized spacial score (nSPS) is 14.2. The lowest BCUT2D eigenvalue weighted by molar-refractivity contribution is 0.225. The highest BCUT2D eigenvalue weighted by Gasteiger charge is 2.34. The fraction of sp³-hybridized carbons (Fsp3) is 0.500. The van der Waals surface area contributed by atoms with Crippen molar-refractivity contribution >= 4 is 29.1 Å². The van der Waals surface area contributed by atoms with E-state index in [1.54, 1.807) is 0 Å². The van der Waals surface area contributed by atoms with Crippen LogP contribution < -0.4 is 5.73 Å². The Morgan fingerprint density at radius 1 is 1.21 bits per heavy atom. The third-order valence-corrected chi connectivity index (χ3v) is 5.38. The van der Waals surface area contributed by atoms with Gasteiger partial charge in [-0.1, -0.05) is 57.8 Å². The smallest absolute Gasteiger partial charge is 0.202 e. The molecular formula is C18H29N3O2S. The average Bonchev–Trinajstić information content (AvgIpc) is 2.68. The zero-order valence-corrected chi connectivity index (χ0v) is 15.8. The van der Waals surface area contributed by atoms with Gasteiger partial charge in [0.1, 0.15) is 0 Å². The van der Waals surface area contributed by atoms with Crippen LogP contribution in [-0.4, -0.2) is 24.7 Å². The van der Waals surface area contributed by atoms with Crippen LogP contribution in [0.25, 0.3) is 12.2 Å². The van der Waals surface area contributed by atoms with E-state index in [1.807, 2.05) is 0 Å². The van der Waals surface area contributed by atoms with Crippen molar-refractivity contribution in [1.29, 1.82) is 5.41 Å². The highest BCUT2D eigenvalue weighted by Crippen LogP contribution is 2.43. The standard InChI is InChI=1S/C18H29N3O2S/c1-7-12-13(8-2)15(23)21(14(12)22)11-17(4,5)10-18(6,9-3)24-16(19)20/h7-8,22-23H,1-2,9-11H2,3-6H3,(H3,19,20). The van der Waals surface area contributed by atoms with E-state index in [2.05, 4.69) is 40.9 Å².